The monoisotopic (exact) mass is 286 g/mol. The van der Waals surface area contributed by atoms with Crippen molar-refractivity contribution in [2.45, 2.75) is 33.2 Å². The largest absolute Gasteiger partial charge is 0.346 e. The Balaban J connectivity index is 4.12. The second kappa shape index (κ2) is 9.72. The van der Waals surface area contributed by atoms with Crippen LogP contribution in [-0.4, -0.2) is 67.9 Å². The van der Waals surface area contributed by atoms with Crippen LogP contribution in [0.4, 0.5) is 0 Å². The molecule has 2 amide bonds. The van der Waals surface area contributed by atoms with Gasteiger partial charge in [0, 0.05) is 13.1 Å². The Morgan fingerprint density at radius 2 is 1.80 bits per heavy atom. The molecule has 6 heteroatoms. The average molecular weight is 286 g/mol. The number of carbonyl (C=O) groups excluding carboxylic acids is 2. The smallest absolute Gasteiger partial charge is 0.241 e. The summed E-state index contributed by atoms with van der Waals surface area (Å²) in [6.07, 6.45) is 0.923. The Morgan fingerprint density at radius 3 is 2.25 bits per heavy atom. The van der Waals surface area contributed by atoms with Crippen LogP contribution in [0.3, 0.4) is 0 Å². The van der Waals surface area contributed by atoms with Crippen LogP contribution in [-0.2, 0) is 9.59 Å². The van der Waals surface area contributed by atoms with E-state index >= 15 is 0 Å². The van der Waals surface area contributed by atoms with Crippen LogP contribution in [0.25, 0.3) is 0 Å². The standard InChI is InChI=1S/C14H30N4O2/c1-6-18(9-7-8-17(4)5)12(19)10-16-14(20)13(15)11(2)3/h11,13H,6-10,15H2,1-5H3,(H,16,20)/t13-/m0/s1. The zero-order valence-electron chi connectivity index (χ0n) is 13.5. The lowest BCUT2D eigenvalue weighted by atomic mass is 10.1. The Hall–Kier alpha value is -1.14. The fourth-order valence-electron chi connectivity index (χ4n) is 1.73. The maximum Gasteiger partial charge on any atom is 0.241 e. The SMILES string of the molecule is CCN(CCCN(C)C)C(=O)CNC(=O)[C@@H](N)C(C)C. The summed E-state index contributed by atoms with van der Waals surface area (Å²) in [4.78, 5) is 27.5. The van der Waals surface area contributed by atoms with Gasteiger partial charge in [-0.05, 0) is 39.9 Å². The summed E-state index contributed by atoms with van der Waals surface area (Å²) in [5.74, 6) is -0.263. The van der Waals surface area contributed by atoms with E-state index in [0.717, 1.165) is 13.0 Å². The van der Waals surface area contributed by atoms with Crippen LogP contribution < -0.4 is 11.1 Å². The number of likely N-dealkylation sites (N-methyl/N-ethyl adjacent to an activating group) is 1. The van der Waals surface area contributed by atoms with E-state index < -0.39 is 6.04 Å². The molecule has 20 heavy (non-hydrogen) atoms. The summed E-state index contributed by atoms with van der Waals surface area (Å²) in [6.45, 7) is 8.02. The topological polar surface area (TPSA) is 78.7 Å². The molecule has 0 fully saturated rings. The van der Waals surface area contributed by atoms with E-state index in [0.29, 0.717) is 13.1 Å². The molecule has 0 aromatic heterocycles. The van der Waals surface area contributed by atoms with Crippen LogP contribution in [0.15, 0.2) is 0 Å². The third-order valence-corrected chi connectivity index (χ3v) is 3.20. The third-order valence-electron chi connectivity index (χ3n) is 3.20. The molecule has 1 atom stereocenters. The van der Waals surface area contributed by atoms with Crippen LogP contribution in [0.2, 0.25) is 0 Å². The lowest BCUT2D eigenvalue weighted by molar-refractivity contribution is -0.133. The zero-order valence-corrected chi connectivity index (χ0v) is 13.5. The first-order valence-electron chi connectivity index (χ1n) is 7.25. The van der Waals surface area contributed by atoms with Gasteiger partial charge in [-0.15, -0.1) is 0 Å². The molecular weight excluding hydrogens is 256 g/mol. The van der Waals surface area contributed by atoms with Crippen LogP contribution in [0.1, 0.15) is 27.2 Å². The summed E-state index contributed by atoms with van der Waals surface area (Å²) < 4.78 is 0. The van der Waals surface area contributed by atoms with Crippen molar-refractivity contribution in [3.63, 3.8) is 0 Å². The molecule has 0 bridgehead atoms. The van der Waals surface area contributed by atoms with Crippen molar-refractivity contribution in [3.8, 4) is 0 Å². The molecule has 6 nitrogen and oxygen atoms in total. The number of hydrogen-bond donors (Lipinski definition) is 2. The molecule has 0 heterocycles. The number of nitrogens with zero attached hydrogens (tertiary/aromatic N) is 2. The summed E-state index contributed by atoms with van der Waals surface area (Å²) in [5.41, 5.74) is 5.73. The number of nitrogens with one attached hydrogen (secondary N) is 1. The predicted octanol–water partition coefficient (Wildman–Crippen LogP) is -0.114. The van der Waals surface area contributed by atoms with Crippen molar-refractivity contribution in [1.29, 1.82) is 0 Å². The lowest BCUT2D eigenvalue weighted by Crippen LogP contribution is -2.48. The van der Waals surface area contributed by atoms with Gasteiger partial charge >= 0.3 is 0 Å². The van der Waals surface area contributed by atoms with Gasteiger partial charge in [0.15, 0.2) is 0 Å². The normalized spacial score (nSPS) is 12.6. The quantitative estimate of drug-likeness (QED) is 0.620. The van der Waals surface area contributed by atoms with Gasteiger partial charge < -0.3 is 20.9 Å². The van der Waals surface area contributed by atoms with E-state index in [-0.39, 0.29) is 24.3 Å². The number of rotatable bonds is 9. The van der Waals surface area contributed by atoms with Crippen molar-refractivity contribution in [3.05, 3.63) is 0 Å². The van der Waals surface area contributed by atoms with Gasteiger partial charge in [0.05, 0.1) is 12.6 Å². The Morgan fingerprint density at radius 1 is 1.20 bits per heavy atom. The second-order valence-corrected chi connectivity index (χ2v) is 5.62. The Bertz CT molecular complexity index is 306. The first-order chi connectivity index (χ1) is 9.29. The predicted molar refractivity (Wildman–Crippen MR) is 81.2 cm³/mol. The highest BCUT2D eigenvalue weighted by Gasteiger charge is 2.19. The fourth-order valence-corrected chi connectivity index (χ4v) is 1.73. The molecule has 118 valence electrons. The molecule has 0 rings (SSSR count). The lowest BCUT2D eigenvalue weighted by Gasteiger charge is -2.23. The van der Waals surface area contributed by atoms with Crippen molar-refractivity contribution in [2.75, 3.05) is 40.3 Å². The van der Waals surface area contributed by atoms with E-state index in [1.165, 1.54) is 0 Å². The Kier molecular flexibility index (Phi) is 9.16. The molecule has 0 aromatic carbocycles. The van der Waals surface area contributed by atoms with E-state index in [2.05, 4.69) is 10.2 Å². The second-order valence-electron chi connectivity index (χ2n) is 5.62. The molecule has 0 aliphatic heterocycles. The summed E-state index contributed by atoms with van der Waals surface area (Å²) in [6, 6.07) is -0.563. The van der Waals surface area contributed by atoms with Gasteiger partial charge in [-0.3, -0.25) is 9.59 Å². The first-order valence-corrected chi connectivity index (χ1v) is 7.25. The van der Waals surface area contributed by atoms with E-state index in [4.69, 9.17) is 5.73 Å². The van der Waals surface area contributed by atoms with Gasteiger partial charge in [0.2, 0.25) is 11.8 Å². The highest BCUT2D eigenvalue weighted by atomic mass is 16.2. The molecule has 0 aliphatic rings. The van der Waals surface area contributed by atoms with E-state index in [1.807, 2.05) is 34.9 Å². The zero-order chi connectivity index (χ0) is 15.7. The number of amides is 2. The minimum absolute atomic E-state index is 0.0229. The van der Waals surface area contributed by atoms with Gasteiger partial charge in [-0.25, -0.2) is 0 Å². The van der Waals surface area contributed by atoms with Crippen molar-refractivity contribution < 1.29 is 9.59 Å². The summed E-state index contributed by atoms with van der Waals surface area (Å²) in [7, 11) is 4.01. The van der Waals surface area contributed by atoms with Gasteiger partial charge in [0.1, 0.15) is 0 Å². The molecule has 0 aliphatic carbocycles. The van der Waals surface area contributed by atoms with Crippen molar-refractivity contribution in [2.24, 2.45) is 11.7 Å². The minimum Gasteiger partial charge on any atom is -0.346 e. The van der Waals surface area contributed by atoms with E-state index in [1.54, 1.807) is 4.90 Å². The molecular formula is C14H30N4O2. The first kappa shape index (κ1) is 18.9. The number of hydrogen-bond acceptors (Lipinski definition) is 4. The minimum atomic E-state index is -0.563. The van der Waals surface area contributed by atoms with Gasteiger partial charge in [-0.2, -0.15) is 0 Å². The Labute approximate surface area is 122 Å². The summed E-state index contributed by atoms with van der Waals surface area (Å²) in [5, 5.41) is 2.61. The molecule has 0 saturated carbocycles. The van der Waals surface area contributed by atoms with Crippen molar-refractivity contribution >= 4 is 11.8 Å². The van der Waals surface area contributed by atoms with Crippen LogP contribution in [0, 0.1) is 5.92 Å². The molecule has 0 unspecified atom stereocenters. The molecule has 0 spiro atoms. The molecule has 0 saturated heterocycles. The highest BCUT2D eigenvalue weighted by Crippen LogP contribution is 1.98. The maximum atomic E-state index is 12.0. The fraction of sp³-hybridized carbons (Fsp3) is 0.857. The summed E-state index contributed by atoms with van der Waals surface area (Å²) >= 11 is 0. The molecule has 3 N–H and O–H groups in total. The van der Waals surface area contributed by atoms with E-state index in [9.17, 15) is 9.59 Å². The maximum absolute atomic E-state index is 12.0. The number of carbonyl (C=O) groups is 2. The molecule has 0 radical (unpaired) electrons. The van der Waals surface area contributed by atoms with Crippen LogP contribution >= 0.6 is 0 Å². The highest BCUT2D eigenvalue weighted by molar-refractivity contribution is 5.87. The average Bonchev–Trinajstić information content (AvgIpc) is 2.39. The number of nitrogens with two attached hydrogens (primary N) is 1. The molecule has 0 aromatic rings. The third kappa shape index (κ3) is 7.45. The van der Waals surface area contributed by atoms with Gasteiger partial charge in [0.25, 0.3) is 0 Å². The van der Waals surface area contributed by atoms with Crippen LogP contribution in [0.5, 0.6) is 0 Å². The van der Waals surface area contributed by atoms with Gasteiger partial charge in [-0.1, -0.05) is 13.8 Å². The van der Waals surface area contributed by atoms with Crippen molar-refractivity contribution in [1.82, 2.24) is 15.1 Å².